The molecular weight excluding hydrogens is 627 g/mol. The van der Waals surface area contributed by atoms with Crippen molar-refractivity contribution in [3.63, 3.8) is 0 Å². The highest BCUT2D eigenvalue weighted by Crippen LogP contribution is 2.42. The Morgan fingerprint density at radius 2 is 1.02 bits per heavy atom. The zero-order valence-corrected chi connectivity index (χ0v) is 29.7. The number of fused-ring (bicyclic) bond motifs is 4. The van der Waals surface area contributed by atoms with E-state index in [0.29, 0.717) is 0 Å². The summed E-state index contributed by atoms with van der Waals surface area (Å²) < 4.78 is 0. The molecule has 248 valence electrons. The quantitative estimate of drug-likeness (QED) is 0.168. The van der Waals surface area contributed by atoms with E-state index in [2.05, 4.69) is 184 Å². The largest absolute Gasteiger partial charge is 0.248 e. The number of allylic oxidation sites excluding steroid dienone is 2. The van der Waals surface area contributed by atoms with Crippen LogP contribution in [0.5, 0.6) is 0 Å². The molecule has 0 heterocycles. The fourth-order valence-corrected chi connectivity index (χ4v) is 8.08. The SMILES string of the molecule is C=C(N=C1/C(=C(\C)c2cccc(-c3cccc(C)c3)c2)Cc2ccccc21)c1cccc(-c2cccc(-c3cccc4c3Cc3ccccc3-4)c2)c1. The van der Waals surface area contributed by atoms with Gasteiger partial charge in [0.1, 0.15) is 0 Å². The maximum absolute atomic E-state index is 5.33. The van der Waals surface area contributed by atoms with Crippen LogP contribution in [0.1, 0.15) is 45.9 Å². The minimum atomic E-state index is 0.766. The van der Waals surface area contributed by atoms with E-state index in [1.54, 1.807) is 0 Å². The highest BCUT2D eigenvalue weighted by atomic mass is 14.8. The summed E-state index contributed by atoms with van der Waals surface area (Å²) >= 11 is 0. The minimum absolute atomic E-state index is 0.766. The van der Waals surface area contributed by atoms with Gasteiger partial charge in [-0.3, -0.25) is 0 Å². The summed E-state index contributed by atoms with van der Waals surface area (Å²) in [4.78, 5) is 5.33. The van der Waals surface area contributed by atoms with Crippen LogP contribution in [0.4, 0.5) is 0 Å². The van der Waals surface area contributed by atoms with Gasteiger partial charge in [-0.2, -0.15) is 0 Å². The average Bonchev–Trinajstić information content (AvgIpc) is 3.76. The summed E-state index contributed by atoms with van der Waals surface area (Å²) in [5.74, 6) is 0. The number of nitrogens with zero attached hydrogens (tertiary/aromatic N) is 1. The third-order valence-electron chi connectivity index (χ3n) is 10.8. The van der Waals surface area contributed by atoms with Gasteiger partial charge in [0.05, 0.1) is 11.4 Å². The van der Waals surface area contributed by atoms with Crippen molar-refractivity contribution >= 4 is 17.0 Å². The van der Waals surface area contributed by atoms with Crippen LogP contribution in [0.3, 0.4) is 0 Å². The van der Waals surface area contributed by atoms with E-state index in [9.17, 15) is 0 Å². The van der Waals surface area contributed by atoms with Crippen molar-refractivity contribution in [2.75, 3.05) is 0 Å². The van der Waals surface area contributed by atoms with Gasteiger partial charge in [0.2, 0.25) is 0 Å². The first-order valence-corrected chi connectivity index (χ1v) is 18.1. The summed E-state index contributed by atoms with van der Waals surface area (Å²) in [6.45, 7) is 8.92. The van der Waals surface area contributed by atoms with E-state index in [0.717, 1.165) is 35.4 Å². The molecule has 2 aliphatic carbocycles. The average molecular weight is 666 g/mol. The fourth-order valence-electron chi connectivity index (χ4n) is 8.08. The zero-order valence-electron chi connectivity index (χ0n) is 29.7. The van der Waals surface area contributed by atoms with E-state index < -0.39 is 0 Å². The third kappa shape index (κ3) is 5.75. The van der Waals surface area contributed by atoms with E-state index >= 15 is 0 Å². The number of hydrogen-bond donors (Lipinski definition) is 0. The first-order valence-electron chi connectivity index (χ1n) is 18.1. The Balaban J connectivity index is 1.06. The Hall–Kier alpha value is -6.31. The van der Waals surface area contributed by atoms with E-state index in [1.807, 2.05) is 0 Å². The Labute approximate surface area is 307 Å². The smallest absolute Gasteiger partial charge is 0.0750 e. The van der Waals surface area contributed by atoms with Crippen molar-refractivity contribution in [1.29, 1.82) is 0 Å². The molecule has 0 bridgehead atoms. The third-order valence-corrected chi connectivity index (χ3v) is 10.8. The van der Waals surface area contributed by atoms with Crippen LogP contribution < -0.4 is 0 Å². The lowest BCUT2D eigenvalue weighted by Gasteiger charge is -2.13. The zero-order chi connectivity index (χ0) is 35.2. The molecule has 7 aromatic carbocycles. The Morgan fingerprint density at radius 1 is 0.481 bits per heavy atom. The predicted molar refractivity (Wildman–Crippen MR) is 220 cm³/mol. The van der Waals surface area contributed by atoms with Crippen LogP contribution in [0.15, 0.2) is 181 Å². The second-order valence-corrected chi connectivity index (χ2v) is 14.1. The first kappa shape index (κ1) is 31.7. The van der Waals surface area contributed by atoms with Gasteiger partial charge in [0, 0.05) is 17.5 Å². The van der Waals surface area contributed by atoms with Gasteiger partial charge < -0.3 is 0 Å². The molecule has 7 aromatic rings. The number of aliphatic imine (C=N–C) groups is 1. The molecule has 9 rings (SSSR count). The lowest BCUT2D eigenvalue weighted by atomic mass is 9.93. The van der Waals surface area contributed by atoms with Crippen molar-refractivity contribution in [3.8, 4) is 44.5 Å². The van der Waals surface area contributed by atoms with Gasteiger partial charge in [0.15, 0.2) is 0 Å². The number of hydrogen-bond acceptors (Lipinski definition) is 1. The number of aryl methyl sites for hydroxylation is 1. The molecule has 0 aliphatic heterocycles. The second-order valence-electron chi connectivity index (χ2n) is 14.1. The molecule has 1 nitrogen and oxygen atoms in total. The van der Waals surface area contributed by atoms with Gasteiger partial charge in [0.25, 0.3) is 0 Å². The highest BCUT2D eigenvalue weighted by molar-refractivity contribution is 6.21. The monoisotopic (exact) mass is 665 g/mol. The summed E-state index contributed by atoms with van der Waals surface area (Å²) in [7, 11) is 0. The van der Waals surface area contributed by atoms with Gasteiger partial charge >= 0.3 is 0 Å². The molecular formula is C51H39N. The minimum Gasteiger partial charge on any atom is -0.248 e. The standard InChI is InChI=1S/C51H39N/c1-33-13-8-18-38(27-33)39-19-9-16-36(28-39)34(2)49-31-44-15-5-7-24-47(44)51(49)52-35(3)37-17-10-20-40(29-37)41-21-11-22-42(30-41)46-25-12-26-48-45-23-6-4-14-43(45)32-50(46)48/h4-30H,3,31-32H2,1-2H3/b49-34+,52-51?. The van der Waals surface area contributed by atoms with Crippen LogP contribution in [0.25, 0.3) is 55.8 Å². The lowest BCUT2D eigenvalue weighted by Crippen LogP contribution is -2.02. The van der Waals surface area contributed by atoms with E-state index in [-0.39, 0.29) is 0 Å². The van der Waals surface area contributed by atoms with Crippen LogP contribution in [-0.2, 0) is 12.8 Å². The van der Waals surface area contributed by atoms with Gasteiger partial charge in [-0.1, -0.05) is 158 Å². The van der Waals surface area contributed by atoms with Crippen LogP contribution in [0, 0.1) is 6.92 Å². The second kappa shape index (κ2) is 13.1. The predicted octanol–water partition coefficient (Wildman–Crippen LogP) is 13.1. The molecule has 1 heteroatoms. The summed E-state index contributed by atoms with van der Waals surface area (Å²) in [5, 5.41) is 0. The Kier molecular flexibility index (Phi) is 7.98. The molecule has 0 unspecified atom stereocenters. The molecule has 0 radical (unpaired) electrons. The summed E-state index contributed by atoms with van der Waals surface area (Å²) in [6.07, 6.45) is 1.82. The molecule has 0 aromatic heterocycles. The van der Waals surface area contributed by atoms with Crippen molar-refractivity contribution in [2.24, 2.45) is 4.99 Å². The number of benzene rings is 7. The maximum atomic E-state index is 5.33. The molecule has 0 amide bonds. The van der Waals surface area contributed by atoms with Crippen molar-refractivity contribution in [2.45, 2.75) is 26.7 Å². The molecule has 0 atom stereocenters. The van der Waals surface area contributed by atoms with Crippen molar-refractivity contribution < 1.29 is 0 Å². The van der Waals surface area contributed by atoms with Gasteiger partial charge in [-0.25, -0.2) is 4.99 Å². The van der Waals surface area contributed by atoms with Gasteiger partial charge in [-0.15, -0.1) is 0 Å². The van der Waals surface area contributed by atoms with E-state index in [1.165, 1.54) is 83.5 Å². The fraction of sp³-hybridized carbons (Fsp3) is 0.0784. The number of rotatable bonds is 6. The first-order chi connectivity index (χ1) is 25.5. The van der Waals surface area contributed by atoms with Gasteiger partial charge in [-0.05, 0) is 116 Å². The highest BCUT2D eigenvalue weighted by Gasteiger charge is 2.26. The molecule has 0 fully saturated rings. The normalized spacial score (nSPS) is 14.5. The molecule has 0 saturated heterocycles. The van der Waals surface area contributed by atoms with Crippen molar-refractivity contribution in [1.82, 2.24) is 0 Å². The molecule has 2 aliphatic rings. The molecule has 0 spiro atoms. The maximum Gasteiger partial charge on any atom is 0.0750 e. The lowest BCUT2D eigenvalue weighted by molar-refractivity contribution is 1.26. The molecule has 0 N–H and O–H groups in total. The van der Waals surface area contributed by atoms with Crippen LogP contribution in [0.2, 0.25) is 0 Å². The Bertz CT molecular complexity index is 2610. The van der Waals surface area contributed by atoms with Crippen LogP contribution >= 0.6 is 0 Å². The summed E-state index contributed by atoms with van der Waals surface area (Å²) in [5.41, 5.74) is 23.2. The topological polar surface area (TPSA) is 12.4 Å². The Morgan fingerprint density at radius 3 is 1.79 bits per heavy atom. The van der Waals surface area contributed by atoms with Crippen molar-refractivity contribution in [3.05, 3.63) is 215 Å². The summed E-state index contributed by atoms with van der Waals surface area (Å²) in [6, 6.07) is 59.4. The molecule has 0 saturated carbocycles. The molecule has 52 heavy (non-hydrogen) atoms. The van der Waals surface area contributed by atoms with Crippen LogP contribution in [-0.4, -0.2) is 5.71 Å². The van der Waals surface area contributed by atoms with E-state index in [4.69, 9.17) is 4.99 Å².